The van der Waals surface area contributed by atoms with Gasteiger partial charge in [0, 0.05) is 13.1 Å². The van der Waals surface area contributed by atoms with Gasteiger partial charge in [-0.15, -0.1) is 5.48 Å². The summed E-state index contributed by atoms with van der Waals surface area (Å²) in [6.07, 6.45) is 2.67. The second kappa shape index (κ2) is 4.39. The lowest BCUT2D eigenvalue weighted by Crippen LogP contribution is -2.46. The topological polar surface area (TPSA) is 78.9 Å². The van der Waals surface area contributed by atoms with E-state index < -0.39 is 17.7 Å². The Balaban J connectivity index is 1.77. The van der Waals surface area contributed by atoms with E-state index in [1.807, 2.05) is 0 Å². The van der Waals surface area contributed by atoms with Gasteiger partial charge in [-0.2, -0.15) is 0 Å². The molecule has 0 aromatic heterocycles. The highest BCUT2D eigenvalue weighted by atomic mass is 16.7. The minimum Gasteiger partial charge on any atom is -0.391 e. The van der Waals surface area contributed by atoms with Gasteiger partial charge in [-0.05, 0) is 25.7 Å². The van der Waals surface area contributed by atoms with E-state index in [4.69, 9.17) is 4.84 Å². The number of hydrogen-bond donors (Lipinski definition) is 2. The molecule has 1 saturated heterocycles. The van der Waals surface area contributed by atoms with Crippen molar-refractivity contribution in [2.45, 2.75) is 37.3 Å². The first-order valence-electron chi connectivity index (χ1n) is 5.52. The van der Waals surface area contributed by atoms with Gasteiger partial charge >= 0.3 is 6.09 Å². The van der Waals surface area contributed by atoms with E-state index in [0.717, 1.165) is 19.1 Å². The Bertz CT molecular complexity index is 291. The number of carbonyl (C=O) groups is 2. The summed E-state index contributed by atoms with van der Waals surface area (Å²) in [7, 11) is 0. The average molecular weight is 228 g/mol. The molecule has 1 saturated carbocycles. The molecule has 2 rings (SSSR count). The van der Waals surface area contributed by atoms with Crippen molar-refractivity contribution in [3.63, 3.8) is 0 Å². The number of amides is 1. The summed E-state index contributed by atoms with van der Waals surface area (Å²) < 4.78 is 0. The molecule has 0 radical (unpaired) electrons. The molecule has 1 amide bonds. The maximum absolute atomic E-state index is 11.5. The predicted molar refractivity (Wildman–Crippen MR) is 54.5 cm³/mol. The third kappa shape index (κ3) is 2.51. The van der Waals surface area contributed by atoms with Gasteiger partial charge in [0.1, 0.15) is 11.8 Å². The molecule has 6 heteroatoms. The lowest BCUT2D eigenvalue weighted by atomic mass is 10.1. The van der Waals surface area contributed by atoms with Gasteiger partial charge in [0.05, 0.1) is 6.10 Å². The molecule has 2 N–H and O–H groups in total. The number of aliphatic hydroxyl groups is 1. The first-order valence-corrected chi connectivity index (χ1v) is 5.52. The molecule has 1 atom stereocenters. The highest BCUT2D eigenvalue weighted by molar-refractivity contribution is 5.70. The molecule has 1 aliphatic carbocycles. The first-order chi connectivity index (χ1) is 7.65. The SMILES string of the molecule is O=CC1(NOC(=O)N2CCCC(O)C2)CC1. The van der Waals surface area contributed by atoms with E-state index in [-0.39, 0.29) is 0 Å². The Hall–Kier alpha value is -1.14. The van der Waals surface area contributed by atoms with Crippen LogP contribution in [0, 0.1) is 0 Å². The molecular formula is C10H16N2O4. The zero-order chi connectivity index (χ0) is 11.6. The van der Waals surface area contributed by atoms with E-state index in [2.05, 4.69) is 5.48 Å². The van der Waals surface area contributed by atoms with Crippen LogP contribution in [0.2, 0.25) is 0 Å². The van der Waals surface area contributed by atoms with Gasteiger partial charge in [0.2, 0.25) is 0 Å². The van der Waals surface area contributed by atoms with Crippen molar-refractivity contribution >= 4 is 12.4 Å². The summed E-state index contributed by atoms with van der Waals surface area (Å²) in [6.45, 7) is 0.889. The van der Waals surface area contributed by atoms with Crippen molar-refractivity contribution in [3.8, 4) is 0 Å². The van der Waals surface area contributed by atoms with Gasteiger partial charge in [-0.1, -0.05) is 0 Å². The molecule has 6 nitrogen and oxygen atoms in total. The van der Waals surface area contributed by atoms with Crippen LogP contribution >= 0.6 is 0 Å². The third-order valence-electron chi connectivity index (χ3n) is 3.01. The molecule has 16 heavy (non-hydrogen) atoms. The van der Waals surface area contributed by atoms with Crippen LogP contribution in [0.5, 0.6) is 0 Å². The third-order valence-corrected chi connectivity index (χ3v) is 3.01. The molecule has 1 unspecified atom stereocenters. The van der Waals surface area contributed by atoms with Crippen LogP contribution in [0.15, 0.2) is 0 Å². The quantitative estimate of drug-likeness (QED) is 0.517. The summed E-state index contributed by atoms with van der Waals surface area (Å²) in [5, 5.41) is 9.39. The Morgan fingerprint density at radius 3 is 2.88 bits per heavy atom. The number of carbonyl (C=O) groups excluding carboxylic acids is 2. The first kappa shape index (κ1) is 11.3. The number of aldehydes is 1. The number of hydroxylamine groups is 1. The number of nitrogens with zero attached hydrogens (tertiary/aromatic N) is 1. The Kier molecular flexibility index (Phi) is 3.11. The van der Waals surface area contributed by atoms with E-state index in [1.165, 1.54) is 4.90 Å². The van der Waals surface area contributed by atoms with E-state index >= 15 is 0 Å². The number of rotatable bonds is 3. The van der Waals surface area contributed by atoms with E-state index in [0.29, 0.717) is 25.9 Å². The molecule has 0 spiro atoms. The van der Waals surface area contributed by atoms with Crippen LogP contribution in [0.4, 0.5) is 4.79 Å². The number of aliphatic hydroxyl groups excluding tert-OH is 1. The minimum absolute atomic E-state index is 0.300. The van der Waals surface area contributed by atoms with Crippen molar-refractivity contribution < 1.29 is 19.5 Å². The Morgan fingerprint density at radius 2 is 2.31 bits per heavy atom. The monoisotopic (exact) mass is 228 g/mol. The zero-order valence-corrected chi connectivity index (χ0v) is 9.02. The number of piperidine rings is 1. The highest BCUT2D eigenvalue weighted by Crippen LogP contribution is 2.32. The van der Waals surface area contributed by atoms with Gasteiger partial charge in [-0.25, -0.2) is 4.79 Å². The van der Waals surface area contributed by atoms with Gasteiger partial charge < -0.3 is 19.6 Å². The summed E-state index contributed by atoms with van der Waals surface area (Å²) in [6, 6.07) is 0. The van der Waals surface area contributed by atoms with E-state index in [1.54, 1.807) is 0 Å². The van der Waals surface area contributed by atoms with Crippen LogP contribution in [-0.2, 0) is 9.63 Å². The highest BCUT2D eigenvalue weighted by Gasteiger charge is 2.44. The van der Waals surface area contributed by atoms with Gasteiger partial charge in [-0.3, -0.25) is 0 Å². The smallest absolute Gasteiger partial charge is 0.391 e. The Labute approximate surface area is 93.5 Å². The molecule has 1 aliphatic heterocycles. The van der Waals surface area contributed by atoms with Crippen molar-refractivity contribution in [1.82, 2.24) is 10.4 Å². The molecule has 0 bridgehead atoms. The second-order valence-electron chi connectivity index (χ2n) is 4.49. The second-order valence-corrected chi connectivity index (χ2v) is 4.49. The van der Waals surface area contributed by atoms with Crippen LogP contribution in [-0.4, -0.2) is 47.1 Å². The number of likely N-dealkylation sites (tertiary alicyclic amines) is 1. The largest absolute Gasteiger partial charge is 0.428 e. The normalized spacial score (nSPS) is 27.3. The zero-order valence-electron chi connectivity index (χ0n) is 9.02. The van der Waals surface area contributed by atoms with Crippen molar-refractivity contribution in [2.75, 3.05) is 13.1 Å². The minimum atomic E-state index is -0.649. The summed E-state index contributed by atoms with van der Waals surface area (Å²) >= 11 is 0. The van der Waals surface area contributed by atoms with Crippen molar-refractivity contribution in [3.05, 3.63) is 0 Å². The number of β-amino-alcohol motifs (C(OH)–C–C–N with tert-alkyl or cyclic N) is 1. The molecular weight excluding hydrogens is 212 g/mol. The van der Waals surface area contributed by atoms with Crippen molar-refractivity contribution in [1.29, 1.82) is 0 Å². The van der Waals surface area contributed by atoms with Crippen molar-refractivity contribution in [2.24, 2.45) is 0 Å². The molecule has 0 aromatic carbocycles. The molecule has 2 aliphatic rings. The molecule has 2 fully saturated rings. The van der Waals surface area contributed by atoms with E-state index in [9.17, 15) is 14.7 Å². The number of hydrogen-bond acceptors (Lipinski definition) is 5. The number of nitrogens with one attached hydrogen (secondary N) is 1. The van der Waals surface area contributed by atoms with Crippen LogP contribution in [0.25, 0.3) is 0 Å². The average Bonchev–Trinajstić information content (AvgIpc) is 3.07. The maximum Gasteiger partial charge on any atom is 0.428 e. The van der Waals surface area contributed by atoms with Crippen LogP contribution in [0.1, 0.15) is 25.7 Å². The maximum atomic E-state index is 11.5. The summed E-state index contributed by atoms with van der Waals surface area (Å²) in [4.78, 5) is 28.5. The fourth-order valence-electron chi connectivity index (χ4n) is 1.71. The van der Waals surface area contributed by atoms with Gasteiger partial charge in [0.15, 0.2) is 0 Å². The summed E-state index contributed by atoms with van der Waals surface area (Å²) in [5.74, 6) is 0. The standard InChI is InChI=1S/C10H16N2O4/c13-7-10(3-4-10)11-16-9(15)12-5-1-2-8(14)6-12/h7-8,11,14H,1-6H2. The lowest BCUT2D eigenvalue weighted by Gasteiger charge is -2.29. The van der Waals surface area contributed by atoms with Gasteiger partial charge in [0.25, 0.3) is 0 Å². The molecule has 90 valence electrons. The predicted octanol–water partition coefficient (Wildman–Crippen LogP) is -0.184. The van der Waals surface area contributed by atoms with Crippen LogP contribution in [0.3, 0.4) is 0 Å². The lowest BCUT2D eigenvalue weighted by molar-refractivity contribution is -0.113. The molecule has 0 aromatic rings. The molecule has 1 heterocycles. The van der Waals surface area contributed by atoms with Crippen LogP contribution < -0.4 is 5.48 Å². The summed E-state index contributed by atoms with van der Waals surface area (Å²) in [5.41, 5.74) is 1.84. The Morgan fingerprint density at radius 1 is 1.56 bits per heavy atom. The fraction of sp³-hybridized carbons (Fsp3) is 0.800. The fourth-order valence-corrected chi connectivity index (χ4v) is 1.71.